The van der Waals surface area contributed by atoms with Crippen molar-refractivity contribution in [1.29, 1.82) is 0 Å². The summed E-state index contributed by atoms with van der Waals surface area (Å²) in [5.41, 5.74) is 0.802. The van der Waals surface area contributed by atoms with Crippen LogP contribution in [0, 0.1) is 5.92 Å². The highest BCUT2D eigenvalue weighted by atomic mass is 35.5. The molecule has 0 heterocycles. The topological polar surface area (TPSA) is 49.3 Å². The number of hydrogen-bond donors (Lipinski definition) is 2. The van der Waals surface area contributed by atoms with E-state index >= 15 is 0 Å². The van der Waals surface area contributed by atoms with E-state index in [9.17, 15) is 9.90 Å². The van der Waals surface area contributed by atoms with E-state index in [1.807, 2.05) is 0 Å². The van der Waals surface area contributed by atoms with Gasteiger partial charge in [-0.15, -0.1) is 0 Å². The fourth-order valence-corrected chi connectivity index (χ4v) is 2.42. The highest BCUT2D eigenvalue weighted by molar-refractivity contribution is 6.34. The molecule has 1 aromatic carbocycles. The number of nitrogens with one attached hydrogen (secondary N) is 1. The number of carbonyl (C=O) groups is 1. The largest absolute Gasteiger partial charge is 0.478 e. The summed E-state index contributed by atoms with van der Waals surface area (Å²) < 4.78 is 0. The Hall–Kier alpha value is -1.22. The van der Waals surface area contributed by atoms with E-state index in [1.165, 1.54) is 12.8 Å². The maximum absolute atomic E-state index is 11.2. The molecule has 1 saturated carbocycles. The second-order valence-corrected chi connectivity index (χ2v) is 5.30. The molecule has 2 rings (SSSR count). The van der Waals surface area contributed by atoms with Crippen LogP contribution in [0.2, 0.25) is 5.02 Å². The molecule has 3 nitrogen and oxygen atoms in total. The van der Waals surface area contributed by atoms with Gasteiger partial charge in [-0.25, -0.2) is 4.79 Å². The summed E-state index contributed by atoms with van der Waals surface area (Å²) in [5.74, 6) is -0.167. The maximum atomic E-state index is 11.2. The minimum Gasteiger partial charge on any atom is -0.478 e. The first-order valence-corrected chi connectivity index (χ1v) is 6.78. The average Bonchev–Trinajstić information content (AvgIpc) is 3.11. The molecule has 1 atom stereocenters. The number of carboxylic acids is 1. The van der Waals surface area contributed by atoms with Gasteiger partial charge in [0.15, 0.2) is 0 Å². The van der Waals surface area contributed by atoms with Crippen LogP contribution < -0.4 is 5.32 Å². The Morgan fingerprint density at radius 1 is 1.56 bits per heavy atom. The molecule has 4 heteroatoms. The molecule has 1 fully saturated rings. The monoisotopic (exact) mass is 267 g/mol. The van der Waals surface area contributed by atoms with E-state index in [4.69, 9.17) is 11.6 Å². The second-order valence-electron chi connectivity index (χ2n) is 4.90. The summed E-state index contributed by atoms with van der Waals surface area (Å²) in [6.45, 7) is 2.12. The molecule has 0 aromatic heterocycles. The molecular weight excluding hydrogens is 250 g/mol. The number of aromatic carboxylic acids is 1. The minimum absolute atomic E-state index is 0.174. The first-order chi connectivity index (χ1) is 8.61. The van der Waals surface area contributed by atoms with Crippen molar-refractivity contribution in [3.63, 3.8) is 0 Å². The molecule has 1 aliphatic carbocycles. The van der Waals surface area contributed by atoms with Crippen molar-refractivity contribution >= 4 is 23.3 Å². The van der Waals surface area contributed by atoms with Gasteiger partial charge in [-0.05, 0) is 30.9 Å². The van der Waals surface area contributed by atoms with Gasteiger partial charge in [-0.1, -0.05) is 37.4 Å². The maximum Gasteiger partial charge on any atom is 0.339 e. The van der Waals surface area contributed by atoms with Crippen molar-refractivity contribution in [3.8, 4) is 0 Å². The predicted molar refractivity (Wildman–Crippen MR) is 73.5 cm³/mol. The van der Waals surface area contributed by atoms with Gasteiger partial charge in [0.2, 0.25) is 0 Å². The Labute approximate surface area is 112 Å². The molecule has 18 heavy (non-hydrogen) atoms. The highest BCUT2D eigenvalue weighted by Gasteiger charge is 2.25. The summed E-state index contributed by atoms with van der Waals surface area (Å²) in [5, 5.41) is 12.8. The molecule has 1 aliphatic rings. The van der Waals surface area contributed by atoms with E-state index in [-0.39, 0.29) is 10.6 Å². The van der Waals surface area contributed by atoms with E-state index in [1.54, 1.807) is 18.2 Å². The molecular formula is C14H18ClNO2. The smallest absolute Gasteiger partial charge is 0.339 e. The van der Waals surface area contributed by atoms with Crippen molar-refractivity contribution in [3.05, 3.63) is 28.8 Å². The van der Waals surface area contributed by atoms with Crippen molar-refractivity contribution in [2.45, 2.75) is 38.6 Å². The van der Waals surface area contributed by atoms with Crippen LogP contribution in [0.5, 0.6) is 0 Å². The SMILES string of the molecule is CCC(CC1CC1)Nc1cccc(Cl)c1C(=O)O. The number of rotatable bonds is 6. The van der Waals surface area contributed by atoms with Gasteiger partial charge in [-0.3, -0.25) is 0 Å². The molecule has 1 unspecified atom stereocenters. The highest BCUT2D eigenvalue weighted by Crippen LogP contribution is 2.35. The van der Waals surface area contributed by atoms with E-state index in [2.05, 4.69) is 12.2 Å². The normalized spacial score (nSPS) is 16.3. The lowest BCUT2D eigenvalue weighted by Crippen LogP contribution is -2.21. The van der Waals surface area contributed by atoms with Crippen LogP contribution in [-0.4, -0.2) is 17.1 Å². The Bertz CT molecular complexity index is 443. The third-order valence-corrected chi connectivity index (χ3v) is 3.71. The van der Waals surface area contributed by atoms with Crippen LogP contribution in [0.4, 0.5) is 5.69 Å². The average molecular weight is 268 g/mol. The molecule has 0 aliphatic heterocycles. The van der Waals surface area contributed by atoms with Gasteiger partial charge >= 0.3 is 5.97 Å². The van der Waals surface area contributed by atoms with E-state index in [0.29, 0.717) is 11.7 Å². The first kappa shape index (κ1) is 13.2. The number of carboxylic acid groups (broad SMARTS) is 1. The second kappa shape index (κ2) is 5.61. The fourth-order valence-electron chi connectivity index (χ4n) is 2.17. The molecule has 0 saturated heterocycles. The lowest BCUT2D eigenvalue weighted by atomic mass is 10.1. The third kappa shape index (κ3) is 3.16. The quantitative estimate of drug-likeness (QED) is 0.818. The summed E-state index contributed by atoms with van der Waals surface area (Å²) in [6, 6.07) is 5.50. The van der Waals surface area contributed by atoms with Gasteiger partial charge in [0.25, 0.3) is 0 Å². The van der Waals surface area contributed by atoms with Gasteiger partial charge in [-0.2, -0.15) is 0 Å². The van der Waals surface area contributed by atoms with Crippen LogP contribution >= 0.6 is 11.6 Å². The number of anilines is 1. The van der Waals surface area contributed by atoms with Crippen LogP contribution in [0.15, 0.2) is 18.2 Å². The summed E-state index contributed by atoms with van der Waals surface area (Å²) in [7, 11) is 0. The van der Waals surface area contributed by atoms with Gasteiger partial charge in [0, 0.05) is 6.04 Å². The zero-order valence-electron chi connectivity index (χ0n) is 10.4. The van der Waals surface area contributed by atoms with Gasteiger partial charge < -0.3 is 10.4 Å². The molecule has 0 radical (unpaired) electrons. The lowest BCUT2D eigenvalue weighted by molar-refractivity contribution is 0.0698. The van der Waals surface area contributed by atoms with Gasteiger partial charge in [0.1, 0.15) is 5.56 Å². The Morgan fingerprint density at radius 3 is 2.83 bits per heavy atom. The van der Waals surface area contributed by atoms with Gasteiger partial charge in [0.05, 0.1) is 10.7 Å². The third-order valence-electron chi connectivity index (χ3n) is 3.39. The Balaban J connectivity index is 2.15. The molecule has 0 spiro atoms. The molecule has 2 N–H and O–H groups in total. The van der Waals surface area contributed by atoms with Crippen LogP contribution in [0.3, 0.4) is 0 Å². The summed E-state index contributed by atoms with van der Waals surface area (Å²) in [4.78, 5) is 11.2. The fraction of sp³-hybridized carbons (Fsp3) is 0.500. The number of benzene rings is 1. The Morgan fingerprint density at radius 2 is 2.28 bits per heavy atom. The zero-order valence-corrected chi connectivity index (χ0v) is 11.2. The first-order valence-electron chi connectivity index (χ1n) is 6.40. The summed E-state index contributed by atoms with van der Waals surface area (Å²) >= 11 is 5.95. The van der Waals surface area contributed by atoms with Crippen molar-refractivity contribution in [2.75, 3.05) is 5.32 Å². The minimum atomic E-state index is -0.982. The predicted octanol–water partition coefficient (Wildman–Crippen LogP) is 4.03. The lowest BCUT2D eigenvalue weighted by Gasteiger charge is -2.19. The van der Waals surface area contributed by atoms with Crippen molar-refractivity contribution < 1.29 is 9.90 Å². The van der Waals surface area contributed by atoms with E-state index in [0.717, 1.165) is 18.8 Å². The van der Waals surface area contributed by atoms with E-state index < -0.39 is 5.97 Å². The zero-order chi connectivity index (χ0) is 13.1. The van der Waals surface area contributed by atoms with Crippen LogP contribution in [-0.2, 0) is 0 Å². The van der Waals surface area contributed by atoms with Crippen LogP contribution in [0.25, 0.3) is 0 Å². The molecule has 1 aromatic rings. The van der Waals surface area contributed by atoms with Crippen LogP contribution in [0.1, 0.15) is 43.0 Å². The molecule has 0 bridgehead atoms. The number of hydrogen-bond acceptors (Lipinski definition) is 2. The molecule has 98 valence electrons. The Kier molecular flexibility index (Phi) is 4.12. The standard InChI is InChI=1S/C14H18ClNO2/c1-2-10(8-9-6-7-9)16-12-5-3-4-11(15)13(12)14(17)18/h3-5,9-10,16H,2,6-8H2,1H3,(H,17,18). The number of halogens is 1. The van der Waals surface area contributed by atoms with Crippen molar-refractivity contribution in [2.24, 2.45) is 5.92 Å². The summed E-state index contributed by atoms with van der Waals surface area (Å²) in [6.07, 6.45) is 4.71. The van der Waals surface area contributed by atoms with Crippen molar-refractivity contribution in [1.82, 2.24) is 0 Å². The molecule has 0 amide bonds.